The minimum Gasteiger partial charge on any atom is -0.356 e. The van der Waals surface area contributed by atoms with Crippen LogP contribution in [0, 0.1) is 0 Å². The molecule has 0 unspecified atom stereocenters. The van der Waals surface area contributed by atoms with E-state index < -0.39 is 0 Å². The predicted molar refractivity (Wildman–Crippen MR) is 82.4 cm³/mol. The molecular weight excluding hydrogens is 288 g/mol. The first-order chi connectivity index (χ1) is 9.73. The van der Waals surface area contributed by atoms with E-state index in [2.05, 4.69) is 24.3 Å². The van der Waals surface area contributed by atoms with E-state index in [1.807, 2.05) is 0 Å². The summed E-state index contributed by atoms with van der Waals surface area (Å²) in [5.74, 6) is 0. The molecule has 0 heterocycles. The normalized spacial score (nSPS) is 11.5. The minimum absolute atomic E-state index is 0.112. The maximum Gasteiger partial charge on any atom is 0.154 e. The highest BCUT2D eigenvalue weighted by molar-refractivity contribution is 6.55. The van der Waals surface area contributed by atoms with Crippen LogP contribution in [0.5, 0.6) is 0 Å². The van der Waals surface area contributed by atoms with Crippen molar-refractivity contribution in [2.45, 2.75) is 24.7 Å². The third kappa shape index (κ3) is 6.30. The highest BCUT2D eigenvalue weighted by Gasteiger charge is 2.08. The van der Waals surface area contributed by atoms with Crippen molar-refractivity contribution in [1.82, 2.24) is 0 Å². The standard InChI is InChI=1S/C14H22O4Si2/c1-15-13(16-2)9-19-11-5-7-12(8-6-11)20-10-14(17-3)18-4/h5-8,13-14H,9-10H2,1-4H3. The number of methoxy groups -OCH3 is 4. The molecule has 0 N–H and O–H groups in total. The molecule has 6 heteroatoms. The molecule has 0 amide bonds. The first-order valence-corrected chi connectivity index (χ1v) is 8.83. The SMILES string of the molecule is COC(C[Si]c1ccc([Si]CC(OC)OC)cc1)OC. The van der Waals surface area contributed by atoms with E-state index in [0.29, 0.717) is 19.0 Å². The van der Waals surface area contributed by atoms with Gasteiger partial charge in [-0.25, -0.2) is 0 Å². The van der Waals surface area contributed by atoms with Crippen LogP contribution < -0.4 is 10.4 Å². The summed E-state index contributed by atoms with van der Waals surface area (Å²) >= 11 is 0. The Morgan fingerprint density at radius 1 is 0.700 bits per heavy atom. The maximum absolute atomic E-state index is 5.19. The number of hydrogen-bond donors (Lipinski definition) is 0. The first-order valence-electron chi connectivity index (χ1n) is 6.42. The van der Waals surface area contributed by atoms with Crippen molar-refractivity contribution in [3.05, 3.63) is 24.3 Å². The van der Waals surface area contributed by atoms with Crippen molar-refractivity contribution >= 4 is 29.4 Å². The van der Waals surface area contributed by atoms with Crippen LogP contribution in [-0.2, 0) is 18.9 Å². The summed E-state index contributed by atoms with van der Waals surface area (Å²) < 4.78 is 20.8. The summed E-state index contributed by atoms with van der Waals surface area (Å²) in [6.07, 6.45) is -0.224. The van der Waals surface area contributed by atoms with Gasteiger partial charge in [0.25, 0.3) is 0 Å². The summed E-state index contributed by atoms with van der Waals surface area (Å²) in [4.78, 5) is 0. The lowest BCUT2D eigenvalue weighted by Crippen LogP contribution is -2.26. The topological polar surface area (TPSA) is 36.9 Å². The lowest BCUT2D eigenvalue weighted by atomic mass is 10.4. The number of rotatable bonds is 10. The molecule has 0 spiro atoms. The van der Waals surface area contributed by atoms with Gasteiger partial charge in [-0.15, -0.1) is 0 Å². The molecule has 0 aliphatic carbocycles. The van der Waals surface area contributed by atoms with Gasteiger partial charge >= 0.3 is 0 Å². The summed E-state index contributed by atoms with van der Waals surface area (Å²) in [5, 5.41) is 2.65. The highest BCUT2D eigenvalue weighted by Crippen LogP contribution is 1.99. The molecule has 1 rings (SSSR count). The fraction of sp³-hybridized carbons (Fsp3) is 0.571. The van der Waals surface area contributed by atoms with Crippen LogP contribution >= 0.6 is 0 Å². The molecule has 4 radical (unpaired) electrons. The van der Waals surface area contributed by atoms with Crippen LogP contribution in [0.3, 0.4) is 0 Å². The second kappa shape index (κ2) is 10.3. The van der Waals surface area contributed by atoms with Crippen LogP contribution in [0.4, 0.5) is 0 Å². The molecule has 0 bridgehead atoms. The van der Waals surface area contributed by atoms with Crippen LogP contribution in [0.1, 0.15) is 0 Å². The Morgan fingerprint density at radius 3 is 1.25 bits per heavy atom. The van der Waals surface area contributed by atoms with Crippen molar-refractivity contribution in [1.29, 1.82) is 0 Å². The van der Waals surface area contributed by atoms with Gasteiger partial charge in [0.15, 0.2) is 12.6 Å². The van der Waals surface area contributed by atoms with Crippen molar-refractivity contribution < 1.29 is 18.9 Å². The molecule has 1 aromatic rings. The van der Waals surface area contributed by atoms with Gasteiger partial charge in [0, 0.05) is 28.4 Å². The molecule has 0 aromatic heterocycles. The van der Waals surface area contributed by atoms with Gasteiger partial charge in [-0.05, 0) is 12.1 Å². The zero-order valence-electron chi connectivity index (χ0n) is 12.5. The molecule has 4 nitrogen and oxygen atoms in total. The molecule has 0 aliphatic heterocycles. The van der Waals surface area contributed by atoms with Crippen molar-refractivity contribution in [2.24, 2.45) is 0 Å². The van der Waals surface area contributed by atoms with Gasteiger partial charge in [-0.3, -0.25) is 0 Å². The van der Waals surface area contributed by atoms with Gasteiger partial charge in [-0.1, -0.05) is 34.6 Å². The van der Waals surface area contributed by atoms with E-state index in [-0.39, 0.29) is 12.6 Å². The zero-order valence-corrected chi connectivity index (χ0v) is 14.5. The highest BCUT2D eigenvalue weighted by atomic mass is 28.2. The Morgan fingerprint density at radius 2 is 1.00 bits per heavy atom. The van der Waals surface area contributed by atoms with E-state index in [9.17, 15) is 0 Å². The molecule has 0 saturated heterocycles. The Kier molecular flexibility index (Phi) is 9.00. The number of benzene rings is 1. The van der Waals surface area contributed by atoms with E-state index in [1.165, 1.54) is 10.4 Å². The fourth-order valence-corrected chi connectivity index (χ4v) is 3.91. The third-order valence-corrected chi connectivity index (χ3v) is 5.44. The molecule has 0 saturated carbocycles. The average molecular weight is 310 g/mol. The lowest BCUT2D eigenvalue weighted by Gasteiger charge is -2.13. The van der Waals surface area contributed by atoms with E-state index >= 15 is 0 Å². The smallest absolute Gasteiger partial charge is 0.154 e. The number of ether oxygens (including phenoxy) is 4. The monoisotopic (exact) mass is 310 g/mol. The van der Waals surface area contributed by atoms with Gasteiger partial charge in [0.2, 0.25) is 0 Å². The van der Waals surface area contributed by atoms with E-state index in [0.717, 1.165) is 12.1 Å². The largest absolute Gasteiger partial charge is 0.356 e. The van der Waals surface area contributed by atoms with Gasteiger partial charge in [0.1, 0.15) is 0 Å². The van der Waals surface area contributed by atoms with Crippen LogP contribution in [0.15, 0.2) is 24.3 Å². The molecule has 0 aliphatic rings. The lowest BCUT2D eigenvalue weighted by molar-refractivity contribution is -0.0876. The maximum atomic E-state index is 5.19. The van der Waals surface area contributed by atoms with Crippen molar-refractivity contribution in [3.63, 3.8) is 0 Å². The molecule has 20 heavy (non-hydrogen) atoms. The second-order valence-electron chi connectivity index (χ2n) is 4.14. The molecular formula is C14H22O4Si2. The van der Waals surface area contributed by atoms with Crippen molar-refractivity contribution in [3.8, 4) is 0 Å². The van der Waals surface area contributed by atoms with Crippen LogP contribution in [0.25, 0.3) is 0 Å². The molecule has 110 valence electrons. The Bertz CT molecular complexity index is 316. The fourth-order valence-electron chi connectivity index (χ4n) is 1.63. The van der Waals surface area contributed by atoms with Crippen molar-refractivity contribution in [2.75, 3.05) is 28.4 Å². The van der Waals surface area contributed by atoms with Gasteiger partial charge < -0.3 is 18.9 Å². The quantitative estimate of drug-likeness (QED) is 0.464. The molecule has 0 fully saturated rings. The van der Waals surface area contributed by atoms with Crippen LogP contribution in [-0.4, -0.2) is 60.1 Å². The number of hydrogen-bond acceptors (Lipinski definition) is 4. The molecule has 0 atom stereocenters. The minimum atomic E-state index is -0.112. The predicted octanol–water partition coefficient (Wildman–Crippen LogP) is 0.420. The van der Waals surface area contributed by atoms with E-state index in [4.69, 9.17) is 18.9 Å². The summed E-state index contributed by atoms with van der Waals surface area (Å²) in [5.41, 5.74) is 0. The first kappa shape index (κ1) is 17.5. The van der Waals surface area contributed by atoms with Gasteiger partial charge in [-0.2, -0.15) is 0 Å². The Labute approximate surface area is 126 Å². The van der Waals surface area contributed by atoms with Crippen LogP contribution in [0.2, 0.25) is 12.1 Å². The molecule has 1 aromatic carbocycles. The summed E-state index contributed by atoms with van der Waals surface area (Å²) in [7, 11) is 8.08. The average Bonchev–Trinajstić information content (AvgIpc) is 2.50. The van der Waals surface area contributed by atoms with Gasteiger partial charge in [0.05, 0.1) is 19.0 Å². The van der Waals surface area contributed by atoms with E-state index in [1.54, 1.807) is 28.4 Å². The third-order valence-electron chi connectivity index (χ3n) is 2.88. The Balaban J connectivity index is 2.40. The second-order valence-corrected chi connectivity index (χ2v) is 6.82. The Hall–Kier alpha value is -0.506. The summed E-state index contributed by atoms with van der Waals surface area (Å²) in [6.45, 7) is 0. The summed E-state index contributed by atoms with van der Waals surface area (Å²) in [6, 6.07) is 10.5. The zero-order chi connectivity index (χ0) is 14.8.